The normalized spacial score (nSPS) is 20.6. The van der Waals surface area contributed by atoms with Crippen LogP contribution in [0.15, 0.2) is 24.3 Å². The first-order valence-electron chi connectivity index (χ1n) is 8.16. The van der Waals surface area contributed by atoms with Gasteiger partial charge in [-0.15, -0.1) is 0 Å². The number of amides is 1. The summed E-state index contributed by atoms with van der Waals surface area (Å²) in [5.74, 6) is -0.544. The fourth-order valence-electron chi connectivity index (χ4n) is 2.52. The maximum Gasteiger partial charge on any atom is 0.332 e. The number of nitrogens with one attached hydrogen (secondary N) is 1. The molecular formula is C18H25NO5. The molecule has 0 unspecified atom stereocenters. The fraction of sp³-hybridized carbons (Fsp3) is 0.556. The average Bonchev–Trinajstić information content (AvgIpc) is 3.01. The molecule has 1 amide bonds. The van der Waals surface area contributed by atoms with Crippen molar-refractivity contribution >= 4 is 11.9 Å². The van der Waals surface area contributed by atoms with Crippen LogP contribution in [0.1, 0.15) is 39.2 Å². The molecule has 24 heavy (non-hydrogen) atoms. The van der Waals surface area contributed by atoms with E-state index in [4.69, 9.17) is 14.6 Å². The minimum Gasteiger partial charge on any atom is -0.492 e. The third-order valence-electron chi connectivity index (χ3n) is 3.96. The smallest absolute Gasteiger partial charge is 0.332 e. The summed E-state index contributed by atoms with van der Waals surface area (Å²) in [6.45, 7) is 7.10. The van der Waals surface area contributed by atoms with Gasteiger partial charge in [0.05, 0.1) is 6.54 Å². The zero-order valence-corrected chi connectivity index (χ0v) is 14.4. The largest absolute Gasteiger partial charge is 0.492 e. The number of hydrogen-bond donors (Lipinski definition) is 2. The lowest BCUT2D eigenvalue weighted by atomic mass is 9.87. The van der Waals surface area contributed by atoms with Crippen molar-refractivity contribution in [2.45, 2.75) is 51.2 Å². The molecule has 0 saturated carbocycles. The highest BCUT2D eigenvalue weighted by molar-refractivity contribution is 5.82. The predicted molar refractivity (Wildman–Crippen MR) is 89.2 cm³/mol. The van der Waals surface area contributed by atoms with Gasteiger partial charge < -0.3 is 19.9 Å². The van der Waals surface area contributed by atoms with E-state index in [-0.39, 0.29) is 11.3 Å². The third kappa shape index (κ3) is 4.96. The molecule has 2 N–H and O–H groups in total. The van der Waals surface area contributed by atoms with E-state index >= 15 is 0 Å². The number of carboxylic acids is 1. The zero-order chi connectivity index (χ0) is 17.7. The van der Waals surface area contributed by atoms with Gasteiger partial charge in [-0.3, -0.25) is 4.79 Å². The molecule has 1 aliphatic heterocycles. The van der Waals surface area contributed by atoms with Gasteiger partial charge in [-0.25, -0.2) is 4.79 Å². The summed E-state index contributed by atoms with van der Waals surface area (Å²) in [5, 5.41) is 11.6. The molecule has 1 aromatic carbocycles. The zero-order valence-electron chi connectivity index (χ0n) is 14.4. The highest BCUT2D eigenvalue weighted by Gasteiger charge is 2.34. The van der Waals surface area contributed by atoms with Crippen molar-refractivity contribution in [2.24, 2.45) is 0 Å². The van der Waals surface area contributed by atoms with Gasteiger partial charge in [-0.05, 0) is 36.0 Å². The van der Waals surface area contributed by atoms with Crippen LogP contribution in [-0.4, -0.2) is 42.3 Å². The Morgan fingerprint density at radius 3 is 2.62 bits per heavy atom. The SMILES string of the molecule is CC(C)(C)c1cccc(OCCNC(=O)[C@@H]2CC[C@H](C(=O)O)O2)c1. The van der Waals surface area contributed by atoms with Crippen molar-refractivity contribution in [2.75, 3.05) is 13.2 Å². The molecule has 0 aromatic heterocycles. The van der Waals surface area contributed by atoms with Gasteiger partial charge >= 0.3 is 5.97 Å². The quantitative estimate of drug-likeness (QED) is 0.778. The van der Waals surface area contributed by atoms with Crippen LogP contribution < -0.4 is 10.1 Å². The number of carbonyl (C=O) groups is 2. The number of aliphatic carboxylic acids is 1. The van der Waals surface area contributed by atoms with Gasteiger partial charge in [-0.2, -0.15) is 0 Å². The van der Waals surface area contributed by atoms with E-state index in [1.54, 1.807) is 0 Å². The van der Waals surface area contributed by atoms with Gasteiger partial charge in [0.2, 0.25) is 5.91 Å². The standard InChI is InChI=1S/C18H25NO5/c1-18(2,3)12-5-4-6-13(11-12)23-10-9-19-16(20)14-7-8-15(24-14)17(21)22/h4-6,11,14-15H,7-10H2,1-3H3,(H,19,20)(H,21,22)/t14-,15+/m0/s1. The first kappa shape index (κ1) is 18.3. The Balaban J connectivity index is 1.73. The summed E-state index contributed by atoms with van der Waals surface area (Å²) in [6, 6.07) is 7.89. The monoisotopic (exact) mass is 335 g/mol. The van der Waals surface area contributed by atoms with E-state index in [0.717, 1.165) is 5.75 Å². The second-order valence-electron chi connectivity index (χ2n) is 6.95. The number of hydrogen-bond acceptors (Lipinski definition) is 4. The highest BCUT2D eigenvalue weighted by Crippen LogP contribution is 2.25. The molecule has 0 bridgehead atoms. The molecule has 132 valence electrons. The summed E-state index contributed by atoms with van der Waals surface area (Å²) < 4.78 is 10.9. The fourth-order valence-corrected chi connectivity index (χ4v) is 2.52. The van der Waals surface area contributed by atoms with Crippen molar-refractivity contribution in [3.05, 3.63) is 29.8 Å². The molecule has 2 atom stereocenters. The minimum atomic E-state index is -1.02. The molecule has 1 aromatic rings. The maximum absolute atomic E-state index is 11.9. The molecule has 2 rings (SSSR count). The Bertz CT molecular complexity index is 593. The van der Waals surface area contributed by atoms with Crippen LogP contribution in [0.4, 0.5) is 0 Å². The van der Waals surface area contributed by atoms with Crippen molar-refractivity contribution in [3.63, 3.8) is 0 Å². The van der Waals surface area contributed by atoms with Gasteiger partial charge in [0, 0.05) is 0 Å². The van der Waals surface area contributed by atoms with E-state index in [9.17, 15) is 9.59 Å². The Hall–Kier alpha value is -2.08. The number of carbonyl (C=O) groups excluding carboxylic acids is 1. The molecular weight excluding hydrogens is 310 g/mol. The third-order valence-corrected chi connectivity index (χ3v) is 3.96. The minimum absolute atomic E-state index is 0.0497. The molecule has 6 heteroatoms. The lowest BCUT2D eigenvalue weighted by Crippen LogP contribution is -2.37. The number of rotatable bonds is 6. The lowest BCUT2D eigenvalue weighted by molar-refractivity contribution is -0.151. The van der Waals surface area contributed by atoms with Crippen LogP contribution in [-0.2, 0) is 19.7 Å². The molecule has 0 spiro atoms. The molecule has 1 fully saturated rings. The first-order chi connectivity index (χ1) is 11.3. The summed E-state index contributed by atoms with van der Waals surface area (Å²) in [7, 11) is 0. The van der Waals surface area contributed by atoms with Gasteiger partial charge in [0.1, 0.15) is 18.5 Å². The van der Waals surface area contributed by atoms with E-state index in [2.05, 4.69) is 32.2 Å². The second-order valence-corrected chi connectivity index (χ2v) is 6.95. The van der Waals surface area contributed by atoms with Gasteiger partial charge in [0.15, 0.2) is 6.10 Å². The van der Waals surface area contributed by atoms with Gasteiger partial charge in [-0.1, -0.05) is 32.9 Å². The number of ether oxygens (including phenoxy) is 2. The molecule has 1 heterocycles. The van der Waals surface area contributed by atoms with Crippen LogP contribution in [0.5, 0.6) is 5.75 Å². The maximum atomic E-state index is 11.9. The van der Waals surface area contributed by atoms with Crippen LogP contribution in [0.2, 0.25) is 0 Å². The Morgan fingerprint density at radius 2 is 2.00 bits per heavy atom. The van der Waals surface area contributed by atoms with Crippen molar-refractivity contribution in [1.29, 1.82) is 0 Å². The summed E-state index contributed by atoms with van der Waals surface area (Å²) in [4.78, 5) is 22.7. The summed E-state index contributed by atoms with van der Waals surface area (Å²) in [6.07, 6.45) is -0.770. The van der Waals surface area contributed by atoms with Crippen molar-refractivity contribution in [3.8, 4) is 5.75 Å². The van der Waals surface area contributed by atoms with E-state index in [1.807, 2.05) is 18.2 Å². The van der Waals surface area contributed by atoms with Crippen molar-refractivity contribution < 1.29 is 24.2 Å². The molecule has 1 aliphatic rings. The van der Waals surface area contributed by atoms with Crippen molar-refractivity contribution in [1.82, 2.24) is 5.32 Å². The molecule has 1 saturated heterocycles. The number of carboxylic acid groups (broad SMARTS) is 1. The summed E-state index contributed by atoms with van der Waals surface area (Å²) in [5.41, 5.74) is 1.23. The topological polar surface area (TPSA) is 84.9 Å². The number of benzene rings is 1. The Morgan fingerprint density at radius 1 is 1.29 bits per heavy atom. The van der Waals surface area contributed by atoms with Crippen LogP contribution in [0, 0.1) is 0 Å². The van der Waals surface area contributed by atoms with E-state index in [0.29, 0.717) is 26.0 Å². The van der Waals surface area contributed by atoms with E-state index in [1.165, 1.54) is 5.56 Å². The second kappa shape index (κ2) is 7.66. The van der Waals surface area contributed by atoms with Crippen LogP contribution >= 0.6 is 0 Å². The lowest BCUT2D eigenvalue weighted by Gasteiger charge is -2.19. The highest BCUT2D eigenvalue weighted by atomic mass is 16.5. The predicted octanol–water partition coefficient (Wildman–Crippen LogP) is 2.11. The molecule has 0 radical (unpaired) electrons. The van der Waals surface area contributed by atoms with Crippen LogP contribution in [0.25, 0.3) is 0 Å². The molecule has 0 aliphatic carbocycles. The Kier molecular flexibility index (Phi) is 5.83. The van der Waals surface area contributed by atoms with Crippen LogP contribution in [0.3, 0.4) is 0 Å². The summed E-state index contributed by atoms with van der Waals surface area (Å²) >= 11 is 0. The van der Waals surface area contributed by atoms with E-state index < -0.39 is 18.2 Å². The molecule has 6 nitrogen and oxygen atoms in total. The van der Waals surface area contributed by atoms with Gasteiger partial charge in [0.25, 0.3) is 0 Å². The first-order valence-corrected chi connectivity index (χ1v) is 8.16. The Labute approximate surface area is 142 Å². The average molecular weight is 335 g/mol.